The largest absolute Gasteiger partial charge is 1.00 e. The van der Waals surface area contributed by atoms with E-state index in [0.717, 1.165) is 11.8 Å². The fourth-order valence-electron chi connectivity index (χ4n) is 2.77. The second-order valence-corrected chi connectivity index (χ2v) is 7.03. The molecule has 0 saturated carbocycles. The van der Waals surface area contributed by atoms with Gasteiger partial charge in [-0.2, -0.15) is 0 Å². The van der Waals surface area contributed by atoms with Gasteiger partial charge in [0.15, 0.2) is 12.2 Å². The quantitative estimate of drug-likeness (QED) is 0.255. The summed E-state index contributed by atoms with van der Waals surface area (Å²) >= 11 is 0. The third-order valence-electron chi connectivity index (χ3n) is 4.47. The van der Waals surface area contributed by atoms with Crippen molar-refractivity contribution in [2.75, 3.05) is 13.2 Å². The van der Waals surface area contributed by atoms with Crippen LogP contribution in [0.15, 0.2) is 48.5 Å². The normalized spacial score (nSPS) is 11.1. The summed E-state index contributed by atoms with van der Waals surface area (Å²) in [4.78, 5) is 33.7. The molecule has 1 N–H and O–H groups in total. The fourth-order valence-corrected chi connectivity index (χ4v) is 2.77. The third kappa shape index (κ3) is 13.1. The maximum absolute atomic E-state index is 11.5. The van der Waals surface area contributed by atoms with Gasteiger partial charge in [0.1, 0.15) is 17.8 Å². The molecule has 2 rings (SSSR count). The van der Waals surface area contributed by atoms with Crippen LogP contribution >= 0.6 is 0 Å². The van der Waals surface area contributed by atoms with Gasteiger partial charge in [-0.05, 0) is 56.5 Å². The summed E-state index contributed by atoms with van der Waals surface area (Å²) in [5.74, 6) is 0.321. The molecule has 0 aliphatic heterocycles. The molecule has 0 heterocycles. The van der Waals surface area contributed by atoms with E-state index >= 15 is 0 Å². The molecule has 0 amide bonds. The summed E-state index contributed by atoms with van der Waals surface area (Å²) in [5, 5.41) is 9.00. The topological polar surface area (TPSA) is 108 Å². The second kappa shape index (κ2) is 20.8. The molecular formula is C26H35BNaO8. The number of aliphatic hydroxyl groups is 1. The number of aliphatic hydroxyl groups excluding tert-OH is 1. The van der Waals surface area contributed by atoms with Crippen LogP contribution in [0.5, 0.6) is 11.5 Å². The van der Waals surface area contributed by atoms with Crippen LogP contribution in [0.25, 0.3) is 0 Å². The predicted octanol–water partition coefficient (Wildman–Crippen LogP) is 0.855. The van der Waals surface area contributed by atoms with Crippen LogP contribution in [0.1, 0.15) is 57.9 Å². The molecule has 0 spiro atoms. The van der Waals surface area contributed by atoms with Crippen molar-refractivity contribution in [3.8, 4) is 11.5 Å². The molecule has 191 valence electrons. The van der Waals surface area contributed by atoms with Crippen molar-refractivity contribution in [3.63, 3.8) is 0 Å². The number of hydrogen-bond donors (Lipinski definition) is 1. The molecule has 0 fully saturated rings. The minimum atomic E-state index is -0.628. The zero-order valence-corrected chi connectivity index (χ0v) is 23.8. The van der Waals surface area contributed by atoms with Gasteiger partial charge in [0.05, 0.1) is 19.8 Å². The first-order valence-corrected chi connectivity index (χ1v) is 11.3. The van der Waals surface area contributed by atoms with E-state index in [4.69, 9.17) is 24.1 Å². The summed E-state index contributed by atoms with van der Waals surface area (Å²) in [6, 6.07) is 13.7. The summed E-state index contributed by atoms with van der Waals surface area (Å²) < 4.78 is 20.8. The Labute approximate surface area is 239 Å². The number of esters is 2. The number of benzene rings is 2. The van der Waals surface area contributed by atoms with Crippen molar-refractivity contribution >= 4 is 26.6 Å². The number of rotatable bonds is 12. The van der Waals surface area contributed by atoms with Crippen molar-refractivity contribution in [2.45, 2.75) is 59.4 Å². The van der Waals surface area contributed by atoms with Gasteiger partial charge < -0.3 is 25.5 Å². The second-order valence-electron chi connectivity index (χ2n) is 7.03. The zero-order valence-electron chi connectivity index (χ0n) is 22.8. The van der Waals surface area contributed by atoms with E-state index < -0.39 is 12.2 Å². The van der Waals surface area contributed by atoms with E-state index in [2.05, 4.69) is 0 Å². The molecular weight excluding hydrogens is 474 g/mol. The summed E-state index contributed by atoms with van der Waals surface area (Å²) in [7, 11) is 0. The Balaban J connectivity index is -0.000000578. The van der Waals surface area contributed by atoms with Gasteiger partial charge >= 0.3 is 41.5 Å². The van der Waals surface area contributed by atoms with Crippen LogP contribution in [-0.2, 0) is 25.7 Å². The van der Waals surface area contributed by atoms with Gasteiger partial charge in [0.25, 0.3) is 0 Å². The molecule has 8 nitrogen and oxygen atoms in total. The van der Waals surface area contributed by atoms with E-state index in [1.165, 1.54) is 0 Å². The van der Waals surface area contributed by atoms with Gasteiger partial charge in [-0.25, -0.2) is 9.59 Å². The predicted molar refractivity (Wildman–Crippen MR) is 134 cm³/mol. The van der Waals surface area contributed by atoms with Crippen LogP contribution in [-0.4, -0.2) is 57.2 Å². The maximum Gasteiger partial charge on any atom is 1.00 e. The number of carbonyl (C=O) groups excluding carboxylic acids is 3. The Morgan fingerprint density at radius 1 is 0.861 bits per heavy atom. The van der Waals surface area contributed by atoms with Gasteiger partial charge in [-0.3, -0.25) is 4.79 Å². The van der Waals surface area contributed by atoms with Crippen molar-refractivity contribution < 1.29 is 69.4 Å². The molecule has 36 heavy (non-hydrogen) atoms. The first kappa shape index (κ1) is 35.8. The number of hydrogen-bond acceptors (Lipinski definition) is 8. The van der Waals surface area contributed by atoms with Gasteiger partial charge in [-0.15, -0.1) is 0 Å². The van der Waals surface area contributed by atoms with E-state index in [9.17, 15) is 14.4 Å². The van der Waals surface area contributed by atoms with E-state index in [1.807, 2.05) is 13.8 Å². The fraction of sp³-hybridized carbons (Fsp3) is 0.423. The van der Waals surface area contributed by atoms with Gasteiger partial charge in [0.2, 0.25) is 0 Å². The Kier molecular flexibility index (Phi) is 20.7. The van der Waals surface area contributed by atoms with Crippen LogP contribution in [0, 0.1) is 0 Å². The molecule has 0 aromatic heterocycles. The minimum absolute atomic E-state index is 0. The first-order valence-electron chi connectivity index (χ1n) is 11.3. The molecule has 3 radical (unpaired) electrons. The Morgan fingerprint density at radius 2 is 1.33 bits per heavy atom. The van der Waals surface area contributed by atoms with Crippen molar-refractivity contribution in [3.05, 3.63) is 59.7 Å². The van der Waals surface area contributed by atoms with Crippen molar-refractivity contribution in [2.24, 2.45) is 0 Å². The average Bonchev–Trinajstić information content (AvgIpc) is 2.86. The van der Waals surface area contributed by atoms with Crippen LogP contribution in [0.4, 0.5) is 0 Å². The summed E-state index contributed by atoms with van der Waals surface area (Å²) in [6.45, 7) is 7.83. The van der Waals surface area contributed by atoms with Crippen molar-refractivity contribution in [1.29, 1.82) is 0 Å². The number of carbonyl (C=O) groups is 3. The van der Waals surface area contributed by atoms with E-state index in [-0.39, 0.29) is 57.9 Å². The molecule has 10 heteroatoms. The monoisotopic (exact) mass is 509 g/mol. The van der Waals surface area contributed by atoms with Crippen LogP contribution in [0.2, 0.25) is 0 Å². The summed E-state index contributed by atoms with van der Waals surface area (Å²) in [5.41, 5.74) is 1.27. The molecule has 0 aliphatic carbocycles. The van der Waals surface area contributed by atoms with Crippen molar-refractivity contribution in [1.82, 2.24) is 0 Å². The van der Waals surface area contributed by atoms with Gasteiger partial charge in [-0.1, -0.05) is 38.1 Å². The standard InChI is InChI=1S/C13H18O4.C13H16O4.B.Na.H/c2*1-3-12(13(15)16-4-2)17-11-7-5-6-10(8-11)9-14;;;/h5-8,12,14H,3-4,9H2,1-2H3;5-9,12H,3-4H2,1-2H3;;;/q;;;+1;-1. The average molecular weight is 509 g/mol. The van der Waals surface area contributed by atoms with Crippen LogP contribution in [0.3, 0.4) is 0 Å². The van der Waals surface area contributed by atoms with Gasteiger partial charge in [0, 0.05) is 14.0 Å². The Morgan fingerprint density at radius 3 is 1.75 bits per heavy atom. The molecule has 2 aromatic carbocycles. The Bertz CT molecular complexity index is 916. The first-order chi connectivity index (χ1) is 16.4. The molecule has 0 saturated heterocycles. The summed E-state index contributed by atoms with van der Waals surface area (Å²) in [6.07, 6.45) is 0.575. The molecule has 2 unspecified atom stereocenters. The molecule has 2 aromatic rings. The van der Waals surface area contributed by atoms with E-state index in [0.29, 0.717) is 43.1 Å². The maximum atomic E-state index is 11.5. The zero-order chi connectivity index (χ0) is 25.3. The van der Waals surface area contributed by atoms with E-state index in [1.54, 1.807) is 62.4 Å². The third-order valence-corrected chi connectivity index (χ3v) is 4.47. The number of aldehydes is 1. The number of ether oxygens (including phenoxy) is 4. The van der Waals surface area contributed by atoms with Crippen LogP contribution < -0.4 is 39.0 Å². The molecule has 2 atom stereocenters. The Hall–Kier alpha value is -2.33. The SMILES string of the molecule is CCOC(=O)C(CC)Oc1cccc(C=O)c1.CCOC(=O)C(CC)Oc1cccc(CO)c1.[B].[H-].[Na+]. The minimum Gasteiger partial charge on any atom is -1.00 e. The smallest absolute Gasteiger partial charge is 1.00 e. The molecule has 0 aliphatic rings. The molecule has 0 bridgehead atoms.